The lowest BCUT2D eigenvalue weighted by Crippen LogP contribution is -2.21. The summed E-state index contributed by atoms with van der Waals surface area (Å²) in [5, 5.41) is 4.54. The van der Waals surface area contributed by atoms with Crippen LogP contribution < -0.4 is 5.32 Å². The molecule has 2 aromatic heterocycles. The number of rotatable bonds is 3. The Morgan fingerprint density at radius 3 is 2.75 bits per heavy atom. The van der Waals surface area contributed by atoms with Crippen molar-refractivity contribution in [1.29, 1.82) is 0 Å². The molecule has 1 N–H and O–H groups in total. The molecular weight excluding hydrogens is 248 g/mol. The van der Waals surface area contributed by atoms with E-state index < -0.39 is 0 Å². The monoisotopic (exact) mass is 266 g/mol. The first-order chi connectivity index (χ1) is 9.70. The van der Waals surface area contributed by atoms with Crippen LogP contribution in [0.25, 0.3) is 10.9 Å². The number of benzene rings is 1. The Morgan fingerprint density at radius 1 is 1.25 bits per heavy atom. The summed E-state index contributed by atoms with van der Waals surface area (Å²) in [5.74, 6) is 1.00. The average molecular weight is 266 g/mol. The lowest BCUT2D eigenvalue weighted by molar-refractivity contribution is 0.620. The van der Waals surface area contributed by atoms with E-state index in [4.69, 9.17) is 0 Å². The van der Waals surface area contributed by atoms with Gasteiger partial charge in [-0.05, 0) is 31.7 Å². The smallest absolute Gasteiger partial charge is 0.130 e. The minimum Gasteiger partial charge on any atom is -0.336 e. The molecule has 102 valence electrons. The molecule has 0 bridgehead atoms. The average Bonchev–Trinajstić information content (AvgIpc) is 2.86. The van der Waals surface area contributed by atoms with Gasteiger partial charge in [0, 0.05) is 30.5 Å². The summed E-state index contributed by atoms with van der Waals surface area (Å²) in [5.41, 5.74) is 3.26. The highest BCUT2D eigenvalue weighted by Gasteiger charge is 2.19. The van der Waals surface area contributed by atoms with Crippen LogP contribution in [0, 0.1) is 6.92 Å². The maximum atomic E-state index is 4.60. The van der Waals surface area contributed by atoms with E-state index in [1.807, 2.05) is 50.1 Å². The fraction of sp³-hybridized carbons (Fsp3) is 0.250. The molecule has 0 saturated carbocycles. The molecule has 3 rings (SSSR count). The van der Waals surface area contributed by atoms with E-state index in [0.717, 1.165) is 17.0 Å². The van der Waals surface area contributed by atoms with Crippen molar-refractivity contribution in [2.24, 2.45) is 7.05 Å². The normalized spacial score (nSPS) is 12.8. The standard InChI is InChI=1S/C16H18N4/c1-11-10-13(12-6-4-5-7-14(12)19-11)15(17-2)16-18-8-9-20(16)3/h4-10,15,17H,1-3H3. The van der Waals surface area contributed by atoms with Gasteiger partial charge in [0.05, 0.1) is 11.6 Å². The van der Waals surface area contributed by atoms with E-state index in [1.54, 1.807) is 0 Å². The third-order valence-electron chi connectivity index (χ3n) is 3.59. The van der Waals surface area contributed by atoms with Crippen molar-refractivity contribution in [3.8, 4) is 0 Å². The number of aryl methyl sites for hydroxylation is 2. The number of para-hydroxylation sites is 1. The van der Waals surface area contributed by atoms with Gasteiger partial charge in [0.1, 0.15) is 5.82 Å². The molecule has 3 aromatic rings. The third-order valence-corrected chi connectivity index (χ3v) is 3.59. The maximum Gasteiger partial charge on any atom is 0.130 e. The van der Waals surface area contributed by atoms with Gasteiger partial charge in [0.25, 0.3) is 0 Å². The number of nitrogens with one attached hydrogen (secondary N) is 1. The lowest BCUT2D eigenvalue weighted by atomic mass is 10.00. The SMILES string of the molecule is CNC(c1cc(C)nc2ccccc12)c1nccn1C. The van der Waals surface area contributed by atoms with Crippen LogP contribution in [-0.4, -0.2) is 21.6 Å². The number of pyridine rings is 1. The molecule has 0 spiro atoms. The molecule has 20 heavy (non-hydrogen) atoms. The highest BCUT2D eigenvalue weighted by Crippen LogP contribution is 2.27. The summed E-state index contributed by atoms with van der Waals surface area (Å²) in [6, 6.07) is 10.4. The van der Waals surface area contributed by atoms with Gasteiger partial charge in [-0.3, -0.25) is 4.98 Å². The molecule has 0 saturated heterocycles. The zero-order valence-electron chi connectivity index (χ0n) is 12.0. The third kappa shape index (κ3) is 2.08. The van der Waals surface area contributed by atoms with Crippen LogP contribution in [0.3, 0.4) is 0 Å². The van der Waals surface area contributed by atoms with Gasteiger partial charge in [-0.25, -0.2) is 4.98 Å². The van der Waals surface area contributed by atoms with E-state index in [-0.39, 0.29) is 6.04 Å². The number of aromatic nitrogens is 3. The van der Waals surface area contributed by atoms with E-state index in [2.05, 4.69) is 33.5 Å². The maximum absolute atomic E-state index is 4.60. The molecular formula is C16H18N4. The highest BCUT2D eigenvalue weighted by molar-refractivity contribution is 5.83. The number of nitrogens with zero attached hydrogens (tertiary/aromatic N) is 3. The first-order valence-electron chi connectivity index (χ1n) is 6.71. The summed E-state index contributed by atoms with van der Waals surface area (Å²) >= 11 is 0. The lowest BCUT2D eigenvalue weighted by Gasteiger charge is -2.19. The van der Waals surface area contributed by atoms with E-state index >= 15 is 0 Å². The van der Waals surface area contributed by atoms with Gasteiger partial charge in [-0.2, -0.15) is 0 Å². The minimum atomic E-state index is 0.0570. The predicted molar refractivity (Wildman–Crippen MR) is 80.6 cm³/mol. The van der Waals surface area contributed by atoms with Gasteiger partial charge in [-0.15, -0.1) is 0 Å². The van der Waals surface area contributed by atoms with Crippen molar-refractivity contribution < 1.29 is 0 Å². The van der Waals surface area contributed by atoms with Gasteiger partial charge >= 0.3 is 0 Å². The zero-order chi connectivity index (χ0) is 14.1. The van der Waals surface area contributed by atoms with Crippen LogP contribution in [0.1, 0.15) is 23.1 Å². The fourth-order valence-electron chi connectivity index (χ4n) is 2.66. The Morgan fingerprint density at radius 2 is 2.05 bits per heavy atom. The summed E-state index contributed by atoms with van der Waals surface area (Å²) in [4.78, 5) is 9.08. The number of hydrogen-bond donors (Lipinski definition) is 1. The molecule has 4 heteroatoms. The van der Waals surface area contributed by atoms with Crippen molar-refractivity contribution >= 4 is 10.9 Å². The Kier molecular flexibility index (Phi) is 3.24. The van der Waals surface area contributed by atoms with Crippen LogP contribution in [0.4, 0.5) is 0 Å². The Labute approximate surface area is 118 Å². The minimum absolute atomic E-state index is 0.0570. The topological polar surface area (TPSA) is 42.7 Å². The summed E-state index contributed by atoms with van der Waals surface area (Å²) in [6.45, 7) is 2.03. The van der Waals surface area contributed by atoms with Crippen molar-refractivity contribution in [2.75, 3.05) is 7.05 Å². The molecule has 4 nitrogen and oxygen atoms in total. The summed E-state index contributed by atoms with van der Waals surface area (Å²) < 4.78 is 2.05. The molecule has 0 aliphatic rings. The largest absolute Gasteiger partial charge is 0.336 e. The molecule has 1 unspecified atom stereocenters. The molecule has 0 aliphatic heterocycles. The van der Waals surface area contributed by atoms with Gasteiger partial charge in [0.15, 0.2) is 0 Å². The van der Waals surface area contributed by atoms with Crippen LogP contribution in [-0.2, 0) is 7.05 Å². The highest BCUT2D eigenvalue weighted by atomic mass is 15.1. The summed E-state index contributed by atoms with van der Waals surface area (Å²) in [6.07, 6.45) is 3.80. The first kappa shape index (κ1) is 12.8. The van der Waals surface area contributed by atoms with Crippen LogP contribution in [0.5, 0.6) is 0 Å². The molecule has 1 atom stereocenters. The fourth-order valence-corrected chi connectivity index (χ4v) is 2.66. The van der Waals surface area contributed by atoms with Crippen molar-refractivity contribution in [1.82, 2.24) is 19.9 Å². The molecule has 0 radical (unpaired) electrons. The molecule has 0 aliphatic carbocycles. The quantitative estimate of drug-likeness (QED) is 0.792. The second kappa shape index (κ2) is 5.06. The van der Waals surface area contributed by atoms with Crippen LogP contribution in [0.15, 0.2) is 42.7 Å². The number of fused-ring (bicyclic) bond motifs is 1. The molecule has 0 fully saturated rings. The van der Waals surface area contributed by atoms with E-state index in [9.17, 15) is 0 Å². The van der Waals surface area contributed by atoms with Gasteiger partial charge in [0.2, 0.25) is 0 Å². The second-order valence-electron chi connectivity index (χ2n) is 4.99. The number of hydrogen-bond acceptors (Lipinski definition) is 3. The predicted octanol–water partition coefficient (Wildman–Crippen LogP) is 2.59. The number of imidazole rings is 1. The van der Waals surface area contributed by atoms with Crippen molar-refractivity contribution in [3.63, 3.8) is 0 Å². The molecule has 0 amide bonds. The Hall–Kier alpha value is -2.20. The van der Waals surface area contributed by atoms with Crippen LogP contribution in [0.2, 0.25) is 0 Å². The zero-order valence-corrected chi connectivity index (χ0v) is 12.0. The van der Waals surface area contributed by atoms with Crippen molar-refractivity contribution in [3.05, 3.63) is 59.8 Å². The summed E-state index contributed by atoms with van der Waals surface area (Å²) in [7, 11) is 3.98. The molecule has 2 heterocycles. The van der Waals surface area contributed by atoms with E-state index in [0.29, 0.717) is 0 Å². The Bertz CT molecular complexity index is 745. The first-order valence-corrected chi connectivity index (χ1v) is 6.71. The van der Waals surface area contributed by atoms with Crippen molar-refractivity contribution in [2.45, 2.75) is 13.0 Å². The van der Waals surface area contributed by atoms with Crippen LogP contribution >= 0.6 is 0 Å². The van der Waals surface area contributed by atoms with Gasteiger partial charge < -0.3 is 9.88 Å². The van der Waals surface area contributed by atoms with Gasteiger partial charge in [-0.1, -0.05) is 18.2 Å². The Balaban J connectivity index is 2.24. The van der Waals surface area contributed by atoms with E-state index in [1.165, 1.54) is 10.9 Å². The second-order valence-corrected chi connectivity index (χ2v) is 4.99. The molecule has 1 aromatic carbocycles.